The number of aromatic nitrogens is 3. The molecule has 1 aromatic heterocycles. The first-order valence-electron chi connectivity index (χ1n) is 10.5. The maximum atomic E-state index is 12.9. The standard InChI is InChI=1S/C24H21F3N6O2/c1-15-4-2-3-5-20(15)21(34)30-23-31-22(29-17-8-6-16(14-28)7-9-17)32-33(23)18-10-12-19(13-11-18)35-24(25,26)27/h2-13H,14,28H2,1H3,(H2,29,30,31,32,34). The topological polar surface area (TPSA) is 107 Å². The highest BCUT2D eigenvalue weighted by Crippen LogP contribution is 2.26. The first-order chi connectivity index (χ1) is 16.7. The van der Waals surface area contributed by atoms with Gasteiger partial charge in [0.2, 0.25) is 11.9 Å². The number of carbonyl (C=O) groups is 1. The van der Waals surface area contributed by atoms with Crippen LogP contribution in [-0.2, 0) is 6.54 Å². The molecule has 4 N–H and O–H groups in total. The predicted octanol–water partition coefficient (Wildman–Crippen LogP) is 4.93. The second kappa shape index (κ2) is 9.85. The zero-order valence-corrected chi connectivity index (χ0v) is 18.5. The van der Waals surface area contributed by atoms with Crippen LogP contribution in [0.1, 0.15) is 21.5 Å². The lowest BCUT2D eigenvalue weighted by atomic mass is 10.1. The molecule has 0 fully saturated rings. The van der Waals surface area contributed by atoms with Gasteiger partial charge in [0.25, 0.3) is 5.91 Å². The lowest BCUT2D eigenvalue weighted by Crippen LogP contribution is -2.17. The zero-order valence-electron chi connectivity index (χ0n) is 18.5. The molecule has 0 saturated carbocycles. The van der Waals surface area contributed by atoms with Gasteiger partial charge in [0, 0.05) is 17.8 Å². The van der Waals surface area contributed by atoms with Crippen LogP contribution in [0.4, 0.5) is 30.8 Å². The average molecular weight is 482 g/mol. The van der Waals surface area contributed by atoms with Gasteiger partial charge < -0.3 is 15.8 Å². The van der Waals surface area contributed by atoms with E-state index in [0.29, 0.717) is 23.5 Å². The van der Waals surface area contributed by atoms with Crippen molar-refractivity contribution in [3.63, 3.8) is 0 Å². The molecule has 0 unspecified atom stereocenters. The summed E-state index contributed by atoms with van der Waals surface area (Å²) in [7, 11) is 0. The fourth-order valence-corrected chi connectivity index (χ4v) is 3.26. The summed E-state index contributed by atoms with van der Waals surface area (Å²) >= 11 is 0. The van der Waals surface area contributed by atoms with Crippen LogP contribution in [0.5, 0.6) is 5.75 Å². The van der Waals surface area contributed by atoms with Crippen LogP contribution in [0.2, 0.25) is 0 Å². The highest BCUT2D eigenvalue weighted by Gasteiger charge is 2.31. The summed E-state index contributed by atoms with van der Waals surface area (Å²) in [5.41, 5.74) is 8.83. The van der Waals surface area contributed by atoms with Crippen molar-refractivity contribution in [2.24, 2.45) is 5.73 Å². The number of carbonyl (C=O) groups excluding carboxylic acids is 1. The van der Waals surface area contributed by atoms with E-state index < -0.39 is 12.3 Å². The van der Waals surface area contributed by atoms with Crippen LogP contribution in [-0.4, -0.2) is 27.0 Å². The Hall–Kier alpha value is -4.38. The fourth-order valence-electron chi connectivity index (χ4n) is 3.26. The number of anilines is 3. The Balaban J connectivity index is 1.66. The molecule has 0 bridgehead atoms. The largest absolute Gasteiger partial charge is 0.573 e. The van der Waals surface area contributed by atoms with E-state index in [2.05, 4.69) is 25.5 Å². The van der Waals surface area contributed by atoms with Crippen molar-refractivity contribution in [3.05, 3.63) is 89.5 Å². The summed E-state index contributed by atoms with van der Waals surface area (Å²) in [5.74, 6) is -0.553. The lowest BCUT2D eigenvalue weighted by molar-refractivity contribution is -0.274. The molecular formula is C24H21F3N6O2. The SMILES string of the molecule is Cc1ccccc1C(=O)Nc1nc(Nc2ccc(CN)cc2)nn1-c1ccc(OC(F)(F)F)cc1. The van der Waals surface area contributed by atoms with E-state index in [9.17, 15) is 18.0 Å². The third-order valence-electron chi connectivity index (χ3n) is 4.98. The summed E-state index contributed by atoms with van der Waals surface area (Å²) in [6, 6.07) is 19.4. The van der Waals surface area contributed by atoms with Crippen molar-refractivity contribution in [3.8, 4) is 11.4 Å². The van der Waals surface area contributed by atoms with E-state index in [-0.39, 0.29) is 17.6 Å². The molecule has 11 heteroatoms. The van der Waals surface area contributed by atoms with Gasteiger partial charge in [0.1, 0.15) is 5.75 Å². The van der Waals surface area contributed by atoms with Gasteiger partial charge in [-0.3, -0.25) is 10.1 Å². The maximum Gasteiger partial charge on any atom is 0.573 e. The fraction of sp³-hybridized carbons (Fsp3) is 0.125. The van der Waals surface area contributed by atoms with Gasteiger partial charge in [-0.1, -0.05) is 30.3 Å². The number of alkyl halides is 3. The van der Waals surface area contributed by atoms with Gasteiger partial charge in [-0.2, -0.15) is 9.67 Å². The second-order valence-electron chi connectivity index (χ2n) is 7.51. The van der Waals surface area contributed by atoms with E-state index in [1.165, 1.54) is 16.8 Å². The minimum Gasteiger partial charge on any atom is -0.406 e. The molecule has 1 amide bonds. The van der Waals surface area contributed by atoms with Gasteiger partial charge >= 0.3 is 6.36 Å². The summed E-state index contributed by atoms with van der Waals surface area (Å²) in [5, 5.41) is 10.2. The highest BCUT2D eigenvalue weighted by molar-refractivity contribution is 6.04. The summed E-state index contributed by atoms with van der Waals surface area (Å²) < 4.78 is 42.8. The minimum absolute atomic E-state index is 0.0730. The van der Waals surface area contributed by atoms with Gasteiger partial charge in [-0.25, -0.2) is 0 Å². The van der Waals surface area contributed by atoms with Crippen LogP contribution in [0.15, 0.2) is 72.8 Å². The number of nitrogens with two attached hydrogens (primary N) is 1. The Morgan fingerprint density at radius 1 is 1.03 bits per heavy atom. The zero-order chi connectivity index (χ0) is 25.0. The molecule has 0 aliphatic carbocycles. The van der Waals surface area contributed by atoms with E-state index in [4.69, 9.17) is 5.73 Å². The summed E-state index contributed by atoms with van der Waals surface area (Å²) in [6.07, 6.45) is -4.81. The third-order valence-corrected chi connectivity index (χ3v) is 4.98. The number of halogens is 3. The molecule has 35 heavy (non-hydrogen) atoms. The van der Waals surface area contributed by atoms with E-state index in [1.54, 1.807) is 37.3 Å². The Bertz CT molecular complexity index is 1320. The summed E-state index contributed by atoms with van der Waals surface area (Å²) in [6.45, 7) is 2.20. The number of hydrogen-bond acceptors (Lipinski definition) is 6. The van der Waals surface area contributed by atoms with Crippen LogP contribution in [0, 0.1) is 6.92 Å². The number of ether oxygens (including phenoxy) is 1. The molecule has 1 heterocycles. The average Bonchev–Trinajstić information content (AvgIpc) is 3.21. The van der Waals surface area contributed by atoms with Crippen LogP contribution in [0.3, 0.4) is 0 Å². The van der Waals surface area contributed by atoms with Gasteiger partial charge in [-0.15, -0.1) is 18.3 Å². The molecule has 180 valence electrons. The van der Waals surface area contributed by atoms with Gasteiger partial charge in [-0.05, 0) is 60.5 Å². The number of rotatable bonds is 7. The van der Waals surface area contributed by atoms with Crippen molar-refractivity contribution < 1.29 is 22.7 Å². The monoisotopic (exact) mass is 482 g/mol. The highest BCUT2D eigenvalue weighted by atomic mass is 19.4. The van der Waals surface area contributed by atoms with Crippen LogP contribution in [0.25, 0.3) is 5.69 Å². The number of nitrogens with zero attached hydrogens (tertiary/aromatic N) is 3. The third kappa shape index (κ3) is 5.95. The van der Waals surface area contributed by atoms with Crippen molar-refractivity contribution in [2.75, 3.05) is 10.6 Å². The van der Waals surface area contributed by atoms with Crippen LogP contribution < -0.4 is 21.1 Å². The van der Waals surface area contributed by atoms with Crippen molar-refractivity contribution in [1.82, 2.24) is 14.8 Å². The number of nitrogens with one attached hydrogen (secondary N) is 2. The number of benzene rings is 3. The molecule has 4 aromatic rings. The van der Waals surface area contributed by atoms with E-state index in [0.717, 1.165) is 23.3 Å². The number of amides is 1. The molecule has 3 aromatic carbocycles. The Morgan fingerprint density at radius 3 is 2.34 bits per heavy atom. The minimum atomic E-state index is -4.81. The second-order valence-corrected chi connectivity index (χ2v) is 7.51. The Kier molecular flexibility index (Phi) is 6.69. The predicted molar refractivity (Wildman–Crippen MR) is 125 cm³/mol. The normalized spacial score (nSPS) is 11.2. The summed E-state index contributed by atoms with van der Waals surface area (Å²) in [4.78, 5) is 17.3. The molecule has 8 nitrogen and oxygen atoms in total. The Morgan fingerprint density at radius 2 is 1.71 bits per heavy atom. The molecule has 4 rings (SSSR count). The molecule has 0 radical (unpaired) electrons. The van der Waals surface area contributed by atoms with Gasteiger partial charge in [0.15, 0.2) is 0 Å². The molecule has 0 spiro atoms. The Labute approximate surface area is 198 Å². The van der Waals surface area contributed by atoms with E-state index in [1.807, 2.05) is 18.2 Å². The molecular weight excluding hydrogens is 461 g/mol. The van der Waals surface area contributed by atoms with Crippen LogP contribution >= 0.6 is 0 Å². The molecule has 0 aliphatic heterocycles. The van der Waals surface area contributed by atoms with Crippen molar-refractivity contribution in [2.45, 2.75) is 19.8 Å². The lowest BCUT2D eigenvalue weighted by Gasteiger charge is -2.11. The van der Waals surface area contributed by atoms with Crippen molar-refractivity contribution in [1.29, 1.82) is 0 Å². The van der Waals surface area contributed by atoms with E-state index >= 15 is 0 Å². The maximum absolute atomic E-state index is 12.9. The van der Waals surface area contributed by atoms with Gasteiger partial charge in [0.05, 0.1) is 5.69 Å². The smallest absolute Gasteiger partial charge is 0.406 e. The molecule has 0 aliphatic rings. The first kappa shape index (κ1) is 23.8. The molecule has 0 saturated heterocycles. The number of hydrogen-bond donors (Lipinski definition) is 3. The van der Waals surface area contributed by atoms with Crippen molar-refractivity contribution >= 4 is 23.5 Å². The quantitative estimate of drug-likeness (QED) is 0.345. The first-order valence-corrected chi connectivity index (χ1v) is 10.5. The molecule has 0 atom stereocenters. The number of aryl methyl sites for hydroxylation is 1.